The number of rotatable bonds is 3. The zero-order chi connectivity index (χ0) is 20.3. The van der Waals surface area contributed by atoms with Gasteiger partial charge in [0.25, 0.3) is 5.69 Å². The number of aromatic nitrogens is 1. The molecular weight excluding hydrogens is 436 g/mol. The van der Waals surface area contributed by atoms with Crippen LogP contribution in [-0.4, -0.2) is 26.7 Å². The van der Waals surface area contributed by atoms with E-state index in [1.807, 2.05) is 0 Å². The van der Waals surface area contributed by atoms with Crippen molar-refractivity contribution in [3.05, 3.63) is 57.6 Å². The standard InChI is InChI=1S/C15H7ClN2O8S2/c16-11-6-8(18(19)20)4-5-13(11)27(21,22)12-3-1-2-9-10(12)7-14-17-15(9)26-28(23,24)25-14/h1-7H. The zero-order valence-corrected chi connectivity index (χ0v) is 15.8. The minimum absolute atomic E-state index is 0.0896. The van der Waals surface area contributed by atoms with Crippen molar-refractivity contribution in [1.29, 1.82) is 0 Å². The van der Waals surface area contributed by atoms with Crippen molar-refractivity contribution in [2.75, 3.05) is 0 Å². The van der Waals surface area contributed by atoms with Crippen LogP contribution in [0.1, 0.15) is 0 Å². The highest BCUT2D eigenvalue weighted by atomic mass is 35.5. The van der Waals surface area contributed by atoms with Gasteiger partial charge in [-0.15, -0.1) is 8.42 Å². The molecule has 0 fully saturated rings. The lowest BCUT2D eigenvalue weighted by Gasteiger charge is -2.17. The molecule has 0 unspecified atom stereocenters. The zero-order valence-electron chi connectivity index (χ0n) is 13.4. The second kappa shape index (κ2) is 6.02. The number of halogens is 1. The van der Waals surface area contributed by atoms with Crippen molar-refractivity contribution >= 4 is 48.3 Å². The Balaban J connectivity index is 1.96. The van der Waals surface area contributed by atoms with Crippen LogP contribution in [0, 0.1) is 10.1 Å². The second-order valence-corrected chi connectivity index (χ2v) is 9.01. The Morgan fingerprint density at radius 2 is 1.79 bits per heavy atom. The average molecular weight is 443 g/mol. The van der Waals surface area contributed by atoms with Gasteiger partial charge >= 0.3 is 10.4 Å². The van der Waals surface area contributed by atoms with E-state index in [0.29, 0.717) is 0 Å². The molecule has 2 heterocycles. The second-order valence-electron chi connectivity index (χ2n) is 5.57. The van der Waals surface area contributed by atoms with Gasteiger partial charge in [-0.25, -0.2) is 8.42 Å². The van der Waals surface area contributed by atoms with Gasteiger partial charge in [-0.05, 0) is 18.2 Å². The number of hydrogen-bond donors (Lipinski definition) is 0. The summed E-state index contributed by atoms with van der Waals surface area (Å²) < 4.78 is 58.6. The van der Waals surface area contributed by atoms with Crippen LogP contribution < -0.4 is 8.37 Å². The molecule has 10 nitrogen and oxygen atoms in total. The fourth-order valence-corrected chi connectivity index (χ4v) is 5.34. The summed E-state index contributed by atoms with van der Waals surface area (Å²) in [6.45, 7) is 0. The van der Waals surface area contributed by atoms with E-state index in [4.69, 9.17) is 11.6 Å². The van der Waals surface area contributed by atoms with Gasteiger partial charge in [-0.3, -0.25) is 10.1 Å². The molecule has 4 rings (SSSR count). The van der Waals surface area contributed by atoms with Gasteiger partial charge in [0.15, 0.2) is 0 Å². The molecule has 1 aliphatic heterocycles. The molecule has 0 spiro atoms. The highest BCUT2D eigenvalue weighted by molar-refractivity contribution is 7.91. The van der Waals surface area contributed by atoms with E-state index in [9.17, 15) is 26.9 Å². The molecule has 13 heteroatoms. The smallest absolute Gasteiger partial charge is 0.332 e. The monoisotopic (exact) mass is 442 g/mol. The molecular formula is C15H7ClN2O8S2. The Morgan fingerprint density at radius 3 is 2.46 bits per heavy atom. The molecule has 28 heavy (non-hydrogen) atoms. The first-order valence-electron chi connectivity index (χ1n) is 7.35. The summed E-state index contributed by atoms with van der Waals surface area (Å²) >= 11 is 5.97. The van der Waals surface area contributed by atoms with Gasteiger partial charge < -0.3 is 8.37 Å². The molecule has 3 aromatic rings. The molecule has 0 amide bonds. The van der Waals surface area contributed by atoms with E-state index in [1.165, 1.54) is 18.2 Å². The van der Waals surface area contributed by atoms with E-state index in [-0.39, 0.29) is 43.0 Å². The number of nitro groups is 1. The van der Waals surface area contributed by atoms with Crippen molar-refractivity contribution in [2.24, 2.45) is 0 Å². The molecule has 0 aliphatic carbocycles. The summed E-state index contributed by atoms with van der Waals surface area (Å²) in [5, 5.41) is 10.7. The molecule has 0 saturated carbocycles. The summed E-state index contributed by atoms with van der Waals surface area (Å²) in [7, 11) is -8.57. The lowest BCUT2D eigenvalue weighted by molar-refractivity contribution is -0.384. The van der Waals surface area contributed by atoms with E-state index >= 15 is 0 Å². The number of non-ortho nitro benzene ring substituents is 1. The van der Waals surface area contributed by atoms with Crippen molar-refractivity contribution in [3.63, 3.8) is 0 Å². The third kappa shape index (κ3) is 2.91. The molecule has 1 aromatic heterocycles. The van der Waals surface area contributed by atoms with Gasteiger partial charge in [-0.1, -0.05) is 17.7 Å². The van der Waals surface area contributed by atoms with E-state index in [1.54, 1.807) is 0 Å². The third-order valence-corrected chi connectivity index (χ3v) is 6.88. The number of nitrogens with zero attached hydrogens (tertiary/aromatic N) is 2. The summed E-state index contributed by atoms with van der Waals surface area (Å²) in [5.41, 5.74) is -0.364. The van der Waals surface area contributed by atoms with Gasteiger partial charge in [0, 0.05) is 29.0 Å². The van der Waals surface area contributed by atoms with Crippen molar-refractivity contribution in [2.45, 2.75) is 9.79 Å². The summed E-state index contributed by atoms with van der Waals surface area (Å²) in [6.07, 6.45) is 0. The Bertz CT molecular complexity index is 1390. The summed E-state index contributed by atoms with van der Waals surface area (Å²) in [5.74, 6) is -0.684. The lowest BCUT2D eigenvalue weighted by atomic mass is 10.2. The van der Waals surface area contributed by atoms with E-state index in [0.717, 1.165) is 24.3 Å². The van der Waals surface area contributed by atoms with Gasteiger partial charge in [0.05, 0.1) is 19.7 Å². The quantitative estimate of drug-likeness (QED) is 0.441. The van der Waals surface area contributed by atoms with Gasteiger partial charge in [-0.2, -0.15) is 4.98 Å². The van der Waals surface area contributed by atoms with E-state index in [2.05, 4.69) is 13.4 Å². The van der Waals surface area contributed by atoms with Gasteiger partial charge in [0.2, 0.25) is 21.6 Å². The van der Waals surface area contributed by atoms with Crippen LogP contribution in [0.25, 0.3) is 10.8 Å². The normalized spacial score (nSPS) is 14.9. The number of nitro benzene ring substituents is 1. The third-order valence-electron chi connectivity index (χ3n) is 3.85. The van der Waals surface area contributed by atoms with Crippen LogP contribution in [0.5, 0.6) is 11.8 Å². The number of pyridine rings is 1. The molecule has 144 valence electrons. The first-order chi connectivity index (χ1) is 13.1. The molecule has 0 saturated heterocycles. The Labute approximate surface area is 162 Å². The molecule has 0 atom stereocenters. The molecule has 2 bridgehead atoms. The maximum atomic E-state index is 13.1. The lowest BCUT2D eigenvalue weighted by Crippen LogP contribution is -2.22. The predicted molar refractivity (Wildman–Crippen MR) is 95.5 cm³/mol. The molecule has 0 radical (unpaired) electrons. The highest BCUT2D eigenvalue weighted by Gasteiger charge is 2.30. The van der Waals surface area contributed by atoms with Crippen LogP contribution in [0.2, 0.25) is 5.02 Å². The highest BCUT2D eigenvalue weighted by Crippen LogP contribution is 2.39. The fraction of sp³-hybridized carbons (Fsp3) is 0. The maximum absolute atomic E-state index is 13.1. The molecule has 0 N–H and O–H groups in total. The largest absolute Gasteiger partial charge is 0.504 e. The van der Waals surface area contributed by atoms with Crippen molar-refractivity contribution in [1.82, 2.24) is 4.98 Å². The summed E-state index contributed by atoms with van der Waals surface area (Å²) in [4.78, 5) is 13.4. The Morgan fingerprint density at radius 1 is 1.04 bits per heavy atom. The minimum atomic E-state index is -4.34. The van der Waals surface area contributed by atoms with Crippen LogP contribution in [0.15, 0.2) is 52.3 Å². The Hall–Kier alpha value is -2.96. The predicted octanol–water partition coefficient (Wildman–Crippen LogP) is 2.65. The first-order valence-corrected chi connectivity index (χ1v) is 10.5. The SMILES string of the molecule is O=[N+]([O-])c1ccc(S(=O)(=O)c2cccc3c4nc(cc23)OS(=O)(=O)O4)c(Cl)c1. The van der Waals surface area contributed by atoms with Gasteiger partial charge in [0.1, 0.15) is 0 Å². The first kappa shape index (κ1) is 18.4. The average Bonchev–Trinajstić information content (AvgIpc) is 2.59. The maximum Gasteiger partial charge on any atom is 0.504 e. The Kier molecular flexibility index (Phi) is 3.96. The molecule has 1 aliphatic rings. The van der Waals surface area contributed by atoms with Crippen molar-refractivity contribution < 1.29 is 30.1 Å². The van der Waals surface area contributed by atoms with Crippen LogP contribution >= 0.6 is 11.6 Å². The van der Waals surface area contributed by atoms with Crippen molar-refractivity contribution in [3.8, 4) is 11.8 Å². The van der Waals surface area contributed by atoms with E-state index < -0.39 is 25.2 Å². The number of fused-ring (bicyclic) bond motifs is 4. The number of sulfone groups is 1. The fourth-order valence-electron chi connectivity index (χ4n) is 2.69. The number of hydrogen-bond acceptors (Lipinski definition) is 9. The molecule has 2 aromatic carbocycles. The minimum Gasteiger partial charge on any atom is -0.332 e. The van der Waals surface area contributed by atoms with Crippen LogP contribution in [0.3, 0.4) is 0 Å². The van der Waals surface area contributed by atoms with Crippen LogP contribution in [0.4, 0.5) is 5.69 Å². The number of benzene rings is 2. The summed E-state index contributed by atoms with van der Waals surface area (Å²) in [6, 6.07) is 8.20. The van der Waals surface area contributed by atoms with Crippen LogP contribution in [-0.2, 0) is 20.2 Å². The topological polar surface area (TPSA) is 143 Å².